The van der Waals surface area contributed by atoms with Crippen LogP contribution >= 0.6 is 0 Å². The van der Waals surface area contributed by atoms with E-state index < -0.39 is 0 Å². The number of rotatable bonds is 5. The molecule has 0 radical (unpaired) electrons. The molecule has 7 nitrogen and oxygen atoms in total. The number of aryl methyl sites for hydroxylation is 1. The fourth-order valence-electron chi connectivity index (χ4n) is 2.96. The first-order valence-electron chi connectivity index (χ1n) is 9.14. The minimum Gasteiger partial charge on any atom is -0.382 e. The largest absolute Gasteiger partial charge is 0.382 e. The molecular weight excluding hydrogens is 364 g/mol. The summed E-state index contributed by atoms with van der Waals surface area (Å²) in [5.41, 5.74) is 10.6. The van der Waals surface area contributed by atoms with Gasteiger partial charge in [0, 0.05) is 36.5 Å². The van der Waals surface area contributed by atoms with Crippen molar-refractivity contribution in [3.8, 4) is 22.5 Å². The molecule has 0 fully saturated rings. The summed E-state index contributed by atoms with van der Waals surface area (Å²) >= 11 is 0. The SMILES string of the molecule is Cn1cc(-c2cnc(N)c(-c3ccc(C(=O)NCc4ccccc4)cc3)n2)cn1. The number of aromatic nitrogens is 4. The van der Waals surface area contributed by atoms with Crippen LogP contribution in [0.4, 0.5) is 5.82 Å². The Balaban J connectivity index is 1.52. The molecule has 2 aromatic carbocycles. The predicted molar refractivity (Wildman–Crippen MR) is 112 cm³/mol. The number of amides is 1. The van der Waals surface area contributed by atoms with Gasteiger partial charge < -0.3 is 11.1 Å². The number of hydrogen-bond donors (Lipinski definition) is 2. The van der Waals surface area contributed by atoms with Crippen molar-refractivity contribution in [2.75, 3.05) is 5.73 Å². The molecule has 29 heavy (non-hydrogen) atoms. The van der Waals surface area contributed by atoms with Crippen molar-refractivity contribution < 1.29 is 4.79 Å². The van der Waals surface area contributed by atoms with Crippen molar-refractivity contribution in [3.05, 3.63) is 84.3 Å². The molecule has 2 aromatic heterocycles. The Bertz CT molecular complexity index is 1140. The maximum atomic E-state index is 12.4. The van der Waals surface area contributed by atoms with Gasteiger partial charge in [0.1, 0.15) is 11.5 Å². The number of nitrogen functional groups attached to an aromatic ring is 1. The number of hydrogen-bond acceptors (Lipinski definition) is 5. The molecule has 7 heteroatoms. The standard InChI is InChI=1S/C22H20N6O/c1-28-14-18(12-26-28)19-13-24-21(23)20(27-19)16-7-9-17(10-8-16)22(29)25-11-15-5-3-2-4-6-15/h2-10,12-14H,11H2,1H3,(H2,23,24)(H,25,29). The number of nitrogens with one attached hydrogen (secondary N) is 1. The van der Waals surface area contributed by atoms with Gasteiger partial charge in [0.05, 0.1) is 18.1 Å². The molecule has 0 unspecified atom stereocenters. The molecule has 0 saturated heterocycles. The number of carbonyl (C=O) groups is 1. The molecular formula is C22H20N6O. The van der Waals surface area contributed by atoms with Gasteiger partial charge in [-0.1, -0.05) is 42.5 Å². The number of carbonyl (C=O) groups excluding carboxylic acids is 1. The van der Waals surface area contributed by atoms with E-state index in [9.17, 15) is 4.79 Å². The fourth-order valence-corrected chi connectivity index (χ4v) is 2.96. The van der Waals surface area contributed by atoms with Gasteiger partial charge in [0.2, 0.25) is 0 Å². The van der Waals surface area contributed by atoms with E-state index in [0.717, 1.165) is 16.7 Å². The van der Waals surface area contributed by atoms with Crippen molar-refractivity contribution in [3.63, 3.8) is 0 Å². The zero-order valence-electron chi connectivity index (χ0n) is 15.9. The lowest BCUT2D eigenvalue weighted by molar-refractivity contribution is 0.0951. The van der Waals surface area contributed by atoms with Crippen LogP contribution in [0.25, 0.3) is 22.5 Å². The highest BCUT2D eigenvalue weighted by Crippen LogP contribution is 2.26. The fraction of sp³-hybridized carbons (Fsp3) is 0.0909. The van der Waals surface area contributed by atoms with Gasteiger partial charge in [-0.05, 0) is 17.7 Å². The lowest BCUT2D eigenvalue weighted by atomic mass is 10.1. The second-order valence-electron chi connectivity index (χ2n) is 6.64. The first kappa shape index (κ1) is 18.4. The van der Waals surface area contributed by atoms with Crippen molar-refractivity contribution in [1.29, 1.82) is 0 Å². The van der Waals surface area contributed by atoms with Gasteiger partial charge in [0.25, 0.3) is 5.91 Å². The highest BCUT2D eigenvalue weighted by molar-refractivity contribution is 5.94. The van der Waals surface area contributed by atoms with Crippen LogP contribution in [0.1, 0.15) is 15.9 Å². The van der Waals surface area contributed by atoms with E-state index in [1.54, 1.807) is 29.2 Å². The van der Waals surface area contributed by atoms with Gasteiger partial charge in [0.15, 0.2) is 0 Å². The minimum absolute atomic E-state index is 0.136. The first-order valence-corrected chi connectivity index (χ1v) is 9.14. The molecule has 4 aromatic rings. The van der Waals surface area contributed by atoms with Crippen LogP contribution in [-0.4, -0.2) is 25.7 Å². The molecule has 0 aliphatic heterocycles. The van der Waals surface area contributed by atoms with Crippen molar-refractivity contribution in [2.24, 2.45) is 7.05 Å². The lowest BCUT2D eigenvalue weighted by Crippen LogP contribution is -2.22. The van der Waals surface area contributed by atoms with Crippen LogP contribution in [0.15, 0.2) is 73.2 Å². The van der Waals surface area contributed by atoms with Crippen LogP contribution < -0.4 is 11.1 Å². The van der Waals surface area contributed by atoms with Crippen LogP contribution in [0.5, 0.6) is 0 Å². The lowest BCUT2D eigenvalue weighted by Gasteiger charge is -2.08. The van der Waals surface area contributed by atoms with Crippen LogP contribution in [0.2, 0.25) is 0 Å². The first-order chi connectivity index (χ1) is 14.1. The van der Waals surface area contributed by atoms with Crippen LogP contribution in [0.3, 0.4) is 0 Å². The second kappa shape index (κ2) is 7.93. The molecule has 2 heterocycles. The molecule has 0 spiro atoms. The number of benzene rings is 2. The third kappa shape index (κ3) is 4.14. The molecule has 0 bridgehead atoms. The maximum Gasteiger partial charge on any atom is 0.251 e. The summed E-state index contributed by atoms with van der Waals surface area (Å²) in [6.07, 6.45) is 5.22. The molecule has 144 valence electrons. The van der Waals surface area contributed by atoms with Gasteiger partial charge in [-0.25, -0.2) is 9.97 Å². The molecule has 0 atom stereocenters. The molecule has 0 aliphatic carbocycles. The highest BCUT2D eigenvalue weighted by Gasteiger charge is 2.12. The summed E-state index contributed by atoms with van der Waals surface area (Å²) in [5, 5.41) is 7.08. The second-order valence-corrected chi connectivity index (χ2v) is 6.64. The zero-order valence-corrected chi connectivity index (χ0v) is 15.9. The Morgan fingerprint density at radius 2 is 1.79 bits per heavy atom. The zero-order chi connectivity index (χ0) is 20.2. The topological polar surface area (TPSA) is 98.7 Å². The number of nitrogens with zero attached hydrogens (tertiary/aromatic N) is 4. The van der Waals surface area contributed by atoms with Gasteiger partial charge in [-0.15, -0.1) is 0 Å². The van der Waals surface area contributed by atoms with Gasteiger partial charge in [-0.3, -0.25) is 9.48 Å². The maximum absolute atomic E-state index is 12.4. The van der Waals surface area contributed by atoms with Gasteiger partial charge in [-0.2, -0.15) is 5.10 Å². The third-order valence-corrected chi connectivity index (χ3v) is 4.52. The Kier molecular flexibility index (Phi) is 5.03. The quantitative estimate of drug-likeness (QED) is 0.551. The van der Waals surface area contributed by atoms with Gasteiger partial charge >= 0.3 is 0 Å². The van der Waals surface area contributed by atoms with E-state index in [-0.39, 0.29) is 5.91 Å². The summed E-state index contributed by atoms with van der Waals surface area (Å²) in [7, 11) is 1.84. The predicted octanol–water partition coefficient (Wildman–Crippen LogP) is 3.06. The van der Waals surface area contributed by atoms with E-state index in [0.29, 0.717) is 29.3 Å². The minimum atomic E-state index is -0.136. The van der Waals surface area contributed by atoms with Crippen molar-refractivity contribution in [2.45, 2.75) is 6.54 Å². The van der Waals surface area contributed by atoms with E-state index in [1.807, 2.05) is 55.7 Å². The van der Waals surface area contributed by atoms with E-state index in [2.05, 4.69) is 20.4 Å². The third-order valence-electron chi connectivity index (χ3n) is 4.52. The van der Waals surface area contributed by atoms with E-state index >= 15 is 0 Å². The summed E-state index contributed by atoms with van der Waals surface area (Å²) in [5.74, 6) is 0.197. The smallest absolute Gasteiger partial charge is 0.251 e. The summed E-state index contributed by atoms with van der Waals surface area (Å²) in [6.45, 7) is 0.479. The average Bonchev–Trinajstić information content (AvgIpc) is 3.19. The van der Waals surface area contributed by atoms with Crippen LogP contribution in [-0.2, 0) is 13.6 Å². The summed E-state index contributed by atoms with van der Waals surface area (Å²) in [4.78, 5) is 21.3. The summed E-state index contributed by atoms with van der Waals surface area (Å²) < 4.78 is 1.70. The molecule has 0 aliphatic rings. The number of nitrogens with two attached hydrogens (primary N) is 1. The van der Waals surface area contributed by atoms with E-state index in [4.69, 9.17) is 5.73 Å². The normalized spacial score (nSPS) is 10.7. The van der Waals surface area contributed by atoms with Crippen molar-refractivity contribution in [1.82, 2.24) is 25.1 Å². The Morgan fingerprint density at radius 1 is 1.03 bits per heavy atom. The molecule has 1 amide bonds. The summed E-state index contributed by atoms with van der Waals surface area (Å²) in [6, 6.07) is 16.9. The molecule has 0 saturated carbocycles. The van der Waals surface area contributed by atoms with E-state index in [1.165, 1.54) is 0 Å². The monoisotopic (exact) mass is 384 g/mol. The number of anilines is 1. The van der Waals surface area contributed by atoms with Crippen molar-refractivity contribution >= 4 is 11.7 Å². The molecule has 4 rings (SSSR count). The van der Waals surface area contributed by atoms with Crippen LogP contribution in [0, 0.1) is 0 Å². The Hall–Kier alpha value is -4.00. The molecule has 3 N–H and O–H groups in total. The highest BCUT2D eigenvalue weighted by atomic mass is 16.1. The Morgan fingerprint density at radius 3 is 2.48 bits per heavy atom. The average molecular weight is 384 g/mol. The Labute approximate surface area is 168 Å².